The highest BCUT2D eigenvalue weighted by Crippen LogP contribution is 2.36. The molecular weight excluding hydrogens is 340 g/mol. The van der Waals surface area contributed by atoms with Gasteiger partial charge in [-0.1, -0.05) is 30.5 Å². The molecule has 1 aliphatic carbocycles. The van der Waals surface area contributed by atoms with Gasteiger partial charge in [-0.3, -0.25) is 4.79 Å². The number of hydrogen-bond acceptors (Lipinski definition) is 4. The molecule has 5 heteroatoms. The molecule has 27 heavy (non-hydrogen) atoms. The first-order valence-electron chi connectivity index (χ1n) is 10.1. The number of aryl methyl sites for hydroxylation is 2. The third-order valence-corrected chi connectivity index (χ3v) is 6.22. The Morgan fingerprint density at radius 1 is 1.22 bits per heavy atom. The van der Waals surface area contributed by atoms with Gasteiger partial charge in [0.25, 0.3) is 5.91 Å². The van der Waals surface area contributed by atoms with Crippen LogP contribution in [0.2, 0.25) is 0 Å². The smallest absolute Gasteiger partial charge is 0.253 e. The molecule has 2 aliphatic rings. The van der Waals surface area contributed by atoms with Gasteiger partial charge in [-0.2, -0.15) is 0 Å². The summed E-state index contributed by atoms with van der Waals surface area (Å²) < 4.78 is 11.1. The van der Waals surface area contributed by atoms with E-state index in [-0.39, 0.29) is 5.91 Å². The Hall–Kier alpha value is -2.30. The van der Waals surface area contributed by atoms with Gasteiger partial charge in [-0.25, -0.2) is 0 Å². The number of fused-ring (bicyclic) bond motifs is 1. The minimum atomic E-state index is 0.127. The summed E-state index contributed by atoms with van der Waals surface area (Å²) >= 11 is 0. The van der Waals surface area contributed by atoms with Gasteiger partial charge in [-0.15, -0.1) is 0 Å². The van der Waals surface area contributed by atoms with E-state index in [0.29, 0.717) is 23.8 Å². The molecule has 0 spiro atoms. The number of nitrogens with zero attached hydrogens (tertiary/aromatic N) is 2. The first-order chi connectivity index (χ1) is 13.1. The predicted octanol–water partition coefficient (Wildman–Crippen LogP) is 4.52. The van der Waals surface area contributed by atoms with Crippen LogP contribution in [0.3, 0.4) is 0 Å². The van der Waals surface area contributed by atoms with Crippen LogP contribution in [0.4, 0.5) is 0 Å². The summed E-state index contributed by atoms with van der Waals surface area (Å²) in [6.45, 7) is 5.97. The number of likely N-dealkylation sites (tertiary alicyclic amines) is 1. The quantitative estimate of drug-likeness (QED) is 0.796. The van der Waals surface area contributed by atoms with E-state index >= 15 is 0 Å². The molecule has 1 saturated heterocycles. The molecule has 2 atom stereocenters. The Morgan fingerprint density at radius 3 is 2.81 bits per heavy atom. The van der Waals surface area contributed by atoms with Crippen LogP contribution in [0, 0.1) is 25.7 Å². The number of aromatic nitrogens is 1. The standard InChI is InChI=1S/C22H28N2O3/c1-15-21(16(2)27-23-15)14-26-20-9-5-8-18(12-20)22(25)24-11-10-17-6-3-4-7-19(17)13-24/h5,8-9,12,17,19H,3-4,6-7,10-11,13-14H2,1-2H3/t17-,19+/m0/s1. The average molecular weight is 368 g/mol. The van der Waals surface area contributed by atoms with Gasteiger partial charge in [0.2, 0.25) is 0 Å². The molecule has 1 saturated carbocycles. The van der Waals surface area contributed by atoms with Gasteiger partial charge in [-0.05, 0) is 56.7 Å². The molecule has 2 fully saturated rings. The molecule has 0 radical (unpaired) electrons. The Bertz CT molecular complexity index is 794. The number of piperidine rings is 1. The van der Waals surface area contributed by atoms with Crippen molar-refractivity contribution in [3.05, 3.63) is 46.8 Å². The van der Waals surface area contributed by atoms with Crippen molar-refractivity contribution < 1.29 is 14.1 Å². The van der Waals surface area contributed by atoms with Crippen LogP contribution >= 0.6 is 0 Å². The Kier molecular flexibility index (Phi) is 5.19. The Labute approximate surface area is 160 Å². The molecule has 1 amide bonds. The molecule has 0 bridgehead atoms. The maximum atomic E-state index is 13.0. The summed E-state index contributed by atoms with van der Waals surface area (Å²) in [6, 6.07) is 7.52. The van der Waals surface area contributed by atoms with E-state index in [2.05, 4.69) is 5.16 Å². The third kappa shape index (κ3) is 3.87. The number of rotatable bonds is 4. The molecule has 5 nitrogen and oxygen atoms in total. The van der Waals surface area contributed by atoms with Crippen molar-refractivity contribution in [1.29, 1.82) is 0 Å². The second kappa shape index (κ2) is 7.75. The highest BCUT2D eigenvalue weighted by atomic mass is 16.5. The van der Waals surface area contributed by atoms with Crippen molar-refractivity contribution in [3.8, 4) is 5.75 Å². The van der Waals surface area contributed by atoms with E-state index in [9.17, 15) is 4.79 Å². The molecule has 0 N–H and O–H groups in total. The highest BCUT2D eigenvalue weighted by molar-refractivity contribution is 5.94. The number of hydrogen-bond donors (Lipinski definition) is 0. The molecule has 2 heterocycles. The van der Waals surface area contributed by atoms with Crippen molar-refractivity contribution in [3.63, 3.8) is 0 Å². The van der Waals surface area contributed by atoms with E-state index < -0.39 is 0 Å². The molecule has 2 aromatic rings. The zero-order valence-electron chi connectivity index (χ0n) is 16.2. The molecular formula is C22H28N2O3. The minimum absolute atomic E-state index is 0.127. The van der Waals surface area contributed by atoms with Gasteiger partial charge in [0.05, 0.1) is 11.3 Å². The van der Waals surface area contributed by atoms with Crippen LogP contribution in [-0.4, -0.2) is 29.1 Å². The van der Waals surface area contributed by atoms with Crippen molar-refractivity contribution in [2.75, 3.05) is 13.1 Å². The minimum Gasteiger partial charge on any atom is -0.489 e. The van der Waals surface area contributed by atoms with Crippen molar-refractivity contribution in [2.45, 2.75) is 52.6 Å². The first-order valence-corrected chi connectivity index (χ1v) is 10.1. The monoisotopic (exact) mass is 368 g/mol. The second-order valence-corrected chi connectivity index (χ2v) is 7.96. The van der Waals surface area contributed by atoms with Crippen LogP contribution in [0.5, 0.6) is 5.75 Å². The summed E-state index contributed by atoms with van der Waals surface area (Å²) in [5, 5.41) is 3.95. The van der Waals surface area contributed by atoms with Gasteiger partial charge in [0, 0.05) is 18.7 Å². The molecule has 1 aromatic carbocycles. The van der Waals surface area contributed by atoms with E-state index in [1.165, 1.54) is 25.7 Å². The zero-order chi connectivity index (χ0) is 18.8. The van der Waals surface area contributed by atoms with Crippen LogP contribution < -0.4 is 4.74 Å². The highest BCUT2D eigenvalue weighted by Gasteiger charge is 2.33. The fraction of sp³-hybridized carbons (Fsp3) is 0.545. The SMILES string of the molecule is Cc1noc(C)c1COc1cccc(C(=O)N2CC[C@@H]3CCCC[C@@H]3C2)c1. The fourth-order valence-electron chi connectivity index (χ4n) is 4.55. The molecule has 0 unspecified atom stereocenters. The Morgan fingerprint density at radius 2 is 2.04 bits per heavy atom. The lowest BCUT2D eigenvalue weighted by molar-refractivity contribution is 0.0520. The van der Waals surface area contributed by atoms with E-state index in [1.54, 1.807) is 0 Å². The van der Waals surface area contributed by atoms with Crippen LogP contribution in [-0.2, 0) is 6.61 Å². The van der Waals surface area contributed by atoms with Crippen LogP contribution in [0.25, 0.3) is 0 Å². The summed E-state index contributed by atoms with van der Waals surface area (Å²) in [5.74, 6) is 3.12. The summed E-state index contributed by atoms with van der Waals surface area (Å²) in [4.78, 5) is 15.1. The van der Waals surface area contributed by atoms with Crippen LogP contribution in [0.1, 0.15) is 59.5 Å². The van der Waals surface area contributed by atoms with Crippen molar-refractivity contribution in [1.82, 2.24) is 10.1 Å². The zero-order valence-corrected chi connectivity index (χ0v) is 16.2. The molecule has 1 aliphatic heterocycles. The first kappa shape index (κ1) is 18.1. The topological polar surface area (TPSA) is 55.6 Å². The number of benzene rings is 1. The normalized spacial score (nSPS) is 22.4. The van der Waals surface area contributed by atoms with Gasteiger partial charge in [0.15, 0.2) is 0 Å². The summed E-state index contributed by atoms with van der Waals surface area (Å²) in [5.41, 5.74) is 2.52. The van der Waals surface area contributed by atoms with E-state index in [1.807, 2.05) is 43.0 Å². The van der Waals surface area contributed by atoms with Crippen LogP contribution in [0.15, 0.2) is 28.8 Å². The lowest BCUT2D eigenvalue weighted by Crippen LogP contribution is -2.44. The third-order valence-electron chi connectivity index (χ3n) is 6.22. The van der Waals surface area contributed by atoms with E-state index in [4.69, 9.17) is 9.26 Å². The Balaban J connectivity index is 1.41. The second-order valence-electron chi connectivity index (χ2n) is 7.96. The van der Waals surface area contributed by atoms with Gasteiger partial charge >= 0.3 is 0 Å². The lowest BCUT2D eigenvalue weighted by atomic mass is 9.75. The number of amides is 1. The number of carbonyl (C=O) groups excluding carboxylic acids is 1. The van der Waals surface area contributed by atoms with Gasteiger partial charge < -0.3 is 14.2 Å². The van der Waals surface area contributed by atoms with E-state index in [0.717, 1.165) is 42.4 Å². The van der Waals surface area contributed by atoms with Crippen molar-refractivity contribution in [2.24, 2.45) is 11.8 Å². The predicted molar refractivity (Wildman–Crippen MR) is 103 cm³/mol. The van der Waals surface area contributed by atoms with Gasteiger partial charge in [0.1, 0.15) is 18.1 Å². The lowest BCUT2D eigenvalue weighted by Gasteiger charge is -2.41. The average Bonchev–Trinajstić information content (AvgIpc) is 3.03. The molecule has 1 aromatic heterocycles. The summed E-state index contributed by atoms with van der Waals surface area (Å²) in [6.07, 6.45) is 6.44. The maximum absolute atomic E-state index is 13.0. The van der Waals surface area contributed by atoms with Crippen molar-refractivity contribution >= 4 is 5.91 Å². The number of ether oxygens (including phenoxy) is 1. The molecule has 4 rings (SSSR count). The fourth-order valence-corrected chi connectivity index (χ4v) is 4.55. The maximum Gasteiger partial charge on any atom is 0.253 e. The molecule has 144 valence electrons. The largest absolute Gasteiger partial charge is 0.489 e. The summed E-state index contributed by atoms with van der Waals surface area (Å²) in [7, 11) is 0. The number of carbonyl (C=O) groups is 1.